The molecular weight excluding hydrogens is 124 g/mol. The summed E-state index contributed by atoms with van der Waals surface area (Å²) in [5.41, 5.74) is 4.76. The van der Waals surface area contributed by atoms with E-state index in [4.69, 9.17) is 0 Å². The van der Waals surface area contributed by atoms with Gasteiger partial charge in [0.1, 0.15) is 0 Å². The van der Waals surface area contributed by atoms with Gasteiger partial charge in [-0.15, -0.1) is 0 Å². The van der Waals surface area contributed by atoms with Crippen LogP contribution in [0.4, 0.5) is 0 Å². The lowest BCUT2D eigenvalue weighted by molar-refractivity contribution is 1.14. The van der Waals surface area contributed by atoms with Gasteiger partial charge in [0, 0.05) is 10.2 Å². The molecule has 0 heterocycles. The molecule has 0 saturated carbocycles. The number of hydrogen-bond acceptors (Lipinski definition) is 0. The Kier molecular flexibility index (Phi) is 1.62. The maximum atomic E-state index is 2.25. The van der Waals surface area contributed by atoms with Gasteiger partial charge in [-0.05, 0) is 27.2 Å². The van der Waals surface area contributed by atoms with Crippen LogP contribution in [0.2, 0.25) is 0 Å². The maximum absolute atomic E-state index is 2.25. The minimum Gasteiger partial charge on any atom is -0.0708 e. The van der Waals surface area contributed by atoms with Crippen LogP contribution in [0.25, 0.3) is 0 Å². The molecule has 0 amide bonds. The van der Waals surface area contributed by atoms with E-state index in [2.05, 4.69) is 20.8 Å². The Morgan fingerprint density at radius 3 is 1.78 bits per heavy atom. The average Bonchev–Trinajstić information content (AvgIpc) is 1.98. The topological polar surface area (TPSA) is 0 Å². The monoisotopic (exact) mass is 138 g/mol. The van der Waals surface area contributed by atoms with Crippen molar-refractivity contribution < 1.29 is 0 Å². The highest BCUT2D eigenvalue weighted by Gasteiger charge is 2.10. The van der Waals surface area contributed by atoms with E-state index in [1.807, 2.05) is 0 Å². The number of allylic oxidation sites excluding steroid dienone is 4. The third-order valence-electron chi connectivity index (χ3n) is 2.37. The summed E-state index contributed by atoms with van der Waals surface area (Å²) in [7, 11) is 1.23. The zero-order chi connectivity index (χ0) is 7.02. The Hall–Kier alpha value is -0.303. The largest absolute Gasteiger partial charge is 0.0708 e. The summed E-state index contributed by atoms with van der Waals surface area (Å²) < 4.78 is 0. The van der Waals surface area contributed by atoms with E-state index in [1.54, 1.807) is 21.9 Å². The highest BCUT2D eigenvalue weighted by Crippen LogP contribution is 2.28. The fourth-order valence-electron chi connectivity index (χ4n) is 1.30. The molecule has 0 N–H and O–H groups in total. The molecule has 0 radical (unpaired) electrons. The molecule has 1 aliphatic rings. The maximum Gasteiger partial charge on any atom is 0.0387 e. The summed E-state index contributed by atoms with van der Waals surface area (Å²) in [5, 5.41) is 1.65. The predicted molar refractivity (Wildman–Crippen MR) is 45.6 cm³/mol. The van der Waals surface area contributed by atoms with Crippen LogP contribution < -0.4 is 0 Å². The first kappa shape index (κ1) is 6.81. The van der Waals surface area contributed by atoms with Gasteiger partial charge in [0.2, 0.25) is 0 Å². The summed E-state index contributed by atoms with van der Waals surface area (Å²) >= 11 is 0. The Balaban J connectivity index is 2.97. The van der Waals surface area contributed by atoms with E-state index in [9.17, 15) is 0 Å². The molecule has 1 rings (SSSR count). The van der Waals surface area contributed by atoms with Crippen molar-refractivity contribution in [2.45, 2.75) is 27.2 Å². The van der Waals surface area contributed by atoms with Gasteiger partial charge >= 0.3 is 0 Å². The van der Waals surface area contributed by atoms with E-state index < -0.39 is 0 Å². The van der Waals surface area contributed by atoms with Crippen LogP contribution in [0, 0.1) is 0 Å². The summed E-state index contributed by atoms with van der Waals surface area (Å²) in [6.07, 6.45) is 1.24. The molecule has 1 aliphatic carbocycles. The summed E-state index contributed by atoms with van der Waals surface area (Å²) in [5.74, 6) is 0. The van der Waals surface area contributed by atoms with Gasteiger partial charge in [0.25, 0.3) is 0 Å². The SMILES string of the molecule is CC1=C(C)C([SiH3])=C(C)C1. The molecule has 0 aliphatic heterocycles. The lowest BCUT2D eigenvalue weighted by atomic mass is 10.2. The second-order valence-electron chi connectivity index (χ2n) is 2.99. The lowest BCUT2D eigenvalue weighted by Gasteiger charge is -1.94. The van der Waals surface area contributed by atoms with Gasteiger partial charge < -0.3 is 0 Å². The van der Waals surface area contributed by atoms with Crippen LogP contribution in [0.5, 0.6) is 0 Å². The first-order valence-electron chi connectivity index (χ1n) is 3.46. The molecule has 0 aromatic rings. The average molecular weight is 138 g/mol. The second-order valence-corrected chi connectivity index (χ2v) is 3.99. The zero-order valence-corrected chi connectivity index (χ0v) is 8.71. The van der Waals surface area contributed by atoms with E-state index in [0.29, 0.717) is 0 Å². The molecule has 0 spiro atoms. The number of hydrogen-bond donors (Lipinski definition) is 0. The second kappa shape index (κ2) is 2.14. The molecule has 0 fully saturated rings. The molecule has 0 atom stereocenters. The van der Waals surface area contributed by atoms with Gasteiger partial charge in [-0.3, -0.25) is 0 Å². The third-order valence-corrected chi connectivity index (χ3v) is 3.98. The van der Waals surface area contributed by atoms with E-state index in [0.717, 1.165) is 0 Å². The smallest absolute Gasteiger partial charge is 0.0387 e. The van der Waals surface area contributed by atoms with Crippen LogP contribution >= 0.6 is 0 Å². The van der Waals surface area contributed by atoms with Crippen molar-refractivity contribution in [1.29, 1.82) is 0 Å². The molecule has 9 heavy (non-hydrogen) atoms. The zero-order valence-electron chi connectivity index (χ0n) is 6.71. The molecule has 1 heteroatoms. The highest BCUT2D eigenvalue weighted by atomic mass is 28.1. The Morgan fingerprint density at radius 1 is 1.11 bits per heavy atom. The van der Waals surface area contributed by atoms with Crippen LogP contribution in [0.15, 0.2) is 21.9 Å². The molecule has 50 valence electrons. The van der Waals surface area contributed by atoms with Crippen molar-refractivity contribution in [3.63, 3.8) is 0 Å². The van der Waals surface area contributed by atoms with Gasteiger partial charge in [-0.1, -0.05) is 21.9 Å². The molecule has 0 bridgehead atoms. The van der Waals surface area contributed by atoms with Crippen LogP contribution in [0.3, 0.4) is 0 Å². The van der Waals surface area contributed by atoms with Gasteiger partial charge in [-0.25, -0.2) is 0 Å². The first-order valence-corrected chi connectivity index (χ1v) is 4.46. The standard InChI is InChI=1S/C8H14Si/c1-5-4-6(2)8(9)7(5)3/h4H2,1-3,9H3. The Morgan fingerprint density at radius 2 is 1.67 bits per heavy atom. The molecule has 0 unspecified atom stereocenters. The van der Waals surface area contributed by atoms with Crippen molar-refractivity contribution in [1.82, 2.24) is 0 Å². The Labute approximate surface area is 60.1 Å². The molecule has 0 aromatic carbocycles. The third kappa shape index (κ3) is 1.01. The molecule has 0 saturated heterocycles. The molecule has 0 nitrogen and oxygen atoms in total. The van der Waals surface area contributed by atoms with Crippen molar-refractivity contribution in [3.05, 3.63) is 21.9 Å². The van der Waals surface area contributed by atoms with E-state index in [1.165, 1.54) is 16.7 Å². The molecular formula is C8H14Si. The first-order chi connectivity index (χ1) is 4.13. The fourth-order valence-corrected chi connectivity index (χ4v) is 1.91. The van der Waals surface area contributed by atoms with E-state index in [-0.39, 0.29) is 0 Å². The minimum absolute atomic E-state index is 1.23. The quantitative estimate of drug-likeness (QED) is 0.443. The van der Waals surface area contributed by atoms with Crippen molar-refractivity contribution in [2.75, 3.05) is 0 Å². The van der Waals surface area contributed by atoms with E-state index >= 15 is 0 Å². The van der Waals surface area contributed by atoms with Gasteiger partial charge in [0.05, 0.1) is 0 Å². The van der Waals surface area contributed by atoms with Crippen LogP contribution in [-0.2, 0) is 0 Å². The highest BCUT2D eigenvalue weighted by molar-refractivity contribution is 6.25. The van der Waals surface area contributed by atoms with Gasteiger partial charge in [-0.2, -0.15) is 0 Å². The van der Waals surface area contributed by atoms with Crippen LogP contribution in [-0.4, -0.2) is 10.2 Å². The fraction of sp³-hybridized carbons (Fsp3) is 0.500. The molecule has 0 aromatic heterocycles. The normalized spacial score (nSPS) is 20.3. The number of rotatable bonds is 0. The van der Waals surface area contributed by atoms with Crippen molar-refractivity contribution in [2.24, 2.45) is 0 Å². The lowest BCUT2D eigenvalue weighted by Crippen LogP contribution is -1.80. The summed E-state index contributed by atoms with van der Waals surface area (Å²) in [6, 6.07) is 0. The van der Waals surface area contributed by atoms with Gasteiger partial charge in [0.15, 0.2) is 0 Å². The van der Waals surface area contributed by atoms with Crippen molar-refractivity contribution >= 4 is 10.2 Å². The Bertz CT molecular complexity index is 175. The summed E-state index contributed by atoms with van der Waals surface area (Å²) in [6.45, 7) is 6.74. The van der Waals surface area contributed by atoms with Crippen LogP contribution in [0.1, 0.15) is 27.2 Å². The minimum atomic E-state index is 1.23. The van der Waals surface area contributed by atoms with Crippen molar-refractivity contribution in [3.8, 4) is 0 Å². The summed E-state index contributed by atoms with van der Waals surface area (Å²) in [4.78, 5) is 0. The predicted octanol–water partition coefficient (Wildman–Crippen LogP) is 1.37.